The maximum atomic E-state index is 13.8. The maximum absolute atomic E-state index is 13.8. The van der Waals surface area contributed by atoms with E-state index in [1.807, 2.05) is 42.5 Å². The fourth-order valence-electron chi connectivity index (χ4n) is 3.24. The maximum Gasteiger partial charge on any atom is 0.326 e. The van der Waals surface area contributed by atoms with Crippen LogP contribution in [-0.4, -0.2) is 28.6 Å². The highest BCUT2D eigenvalue weighted by Gasteiger charge is 2.20. The minimum Gasteiger partial charge on any atom is -0.451 e. The summed E-state index contributed by atoms with van der Waals surface area (Å²) in [5, 5.41) is 6.35. The number of rotatable bonds is 7. The second kappa shape index (κ2) is 10.1. The van der Waals surface area contributed by atoms with Gasteiger partial charge in [0.15, 0.2) is 6.10 Å². The predicted molar refractivity (Wildman–Crippen MR) is 123 cm³/mol. The third kappa shape index (κ3) is 5.35. The molecule has 0 spiro atoms. The Hall–Kier alpha value is -4.33. The number of halogens is 1. The Morgan fingerprint density at radius 2 is 1.68 bits per heavy atom. The standard InChI is InChI=1S/C26H22FN3O4/c1-16-8-9-21(14-22(16)27)24-29-26(34-30-24)17(2)33-23(31)15-28-25(32)20-12-10-19(11-13-20)18-6-4-3-5-7-18/h3-14,17H,15H2,1-2H3,(H,28,32). The Kier molecular flexibility index (Phi) is 6.77. The molecule has 0 aliphatic heterocycles. The van der Waals surface area contributed by atoms with E-state index in [0.717, 1.165) is 11.1 Å². The van der Waals surface area contributed by atoms with Crippen LogP contribution in [0.3, 0.4) is 0 Å². The lowest BCUT2D eigenvalue weighted by Crippen LogP contribution is -2.31. The Morgan fingerprint density at radius 1 is 1.00 bits per heavy atom. The highest BCUT2D eigenvalue weighted by Crippen LogP contribution is 2.22. The van der Waals surface area contributed by atoms with E-state index in [9.17, 15) is 14.0 Å². The topological polar surface area (TPSA) is 94.3 Å². The minimum absolute atomic E-state index is 0.0622. The molecule has 0 aliphatic rings. The molecule has 172 valence electrons. The number of ether oxygens (including phenoxy) is 1. The fraction of sp³-hybridized carbons (Fsp3) is 0.154. The summed E-state index contributed by atoms with van der Waals surface area (Å²) in [5.41, 5.74) is 3.40. The Labute approximate surface area is 195 Å². The number of carbonyl (C=O) groups is 2. The lowest BCUT2D eigenvalue weighted by atomic mass is 10.0. The Morgan fingerprint density at radius 3 is 2.38 bits per heavy atom. The van der Waals surface area contributed by atoms with Crippen molar-refractivity contribution < 1.29 is 23.2 Å². The van der Waals surface area contributed by atoms with Crippen LogP contribution in [0, 0.1) is 12.7 Å². The highest BCUT2D eigenvalue weighted by molar-refractivity contribution is 5.96. The number of hydrogen-bond acceptors (Lipinski definition) is 6. The van der Waals surface area contributed by atoms with Crippen molar-refractivity contribution in [3.05, 3.63) is 95.6 Å². The van der Waals surface area contributed by atoms with Crippen LogP contribution >= 0.6 is 0 Å². The van der Waals surface area contributed by atoms with Gasteiger partial charge in [0.05, 0.1) is 0 Å². The van der Waals surface area contributed by atoms with E-state index in [0.29, 0.717) is 16.7 Å². The molecule has 0 fully saturated rings. The molecule has 1 atom stereocenters. The van der Waals surface area contributed by atoms with Crippen LogP contribution in [0.1, 0.15) is 34.8 Å². The SMILES string of the molecule is Cc1ccc(-c2noc(C(C)OC(=O)CNC(=O)c3ccc(-c4ccccc4)cc3)n2)cc1F. The monoisotopic (exact) mass is 459 g/mol. The van der Waals surface area contributed by atoms with Gasteiger partial charge in [-0.3, -0.25) is 9.59 Å². The molecular weight excluding hydrogens is 437 g/mol. The molecule has 1 N–H and O–H groups in total. The van der Waals surface area contributed by atoms with Crippen molar-refractivity contribution in [2.45, 2.75) is 20.0 Å². The van der Waals surface area contributed by atoms with Crippen LogP contribution in [0.4, 0.5) is 4.39 Å². The largest absolute Gasteiger partial charge is 0.451 e. The van der Waals surface area contributed by atoms with Gasteiger partial charge in [-0.1, -0.05) is 59.8 Å². The van der Waals surface area contributed by atoms with E-state index in [1.165, 1.54) is 6.07 Å². The van der Waals surface area contributed by atoms with Gasteiger partial charge in [0, 0.05) is 11.1 Å². The molecule has 0 bridgehead atoms. The fourth-order valence-corrected chi connectivity index (χ4v) is 3.24. The lowest BCUT2D eigenvalue weighted by Gasteiger charge is -2.10. The number of nitrogens with zero attached hydrogens (tertiary/aromatic N) is 2. The van der Waals surface area contributed by atoms with Crippen LogP contribution in [0.15, 0.2) is 77.3 Å². The van der Waals surface area contributed by atoms with Gasteiger partial charge < -0.3 is 14.6 Å². The predicted octanol–water partition coefficient (Wildman–Crippen LogP) is 4.89. The summed E-state index contributed by atoms with van der Waals surface area (Å²) in [6, 6.07) is 21.5. The molecule has 4 aromatic rings. The lowest BCUT2D eigenvalue weighted by molar-refractivity contribution is -0.148. The van der Waals surface area contributed by atoms with E-state index >= 15 is 0 Å². The van der Waals surface area contributed by atoms with E-state index < -0.39 is 18.0 Å². The number of nitrogens with one attached hydrogen (secondary N) is 1. The second-order valence-corrected chi connectivity index (χ2v) is 7.68. The quantitative estimate of drug-likeness (QED) is 0.396. The van der Waals surface area contributed by atoms with Crippen molar-refractivity contribution in [2.24, 2.45) is 0 Å². The molecule has 8 heteroatoms. The van der Waals surface area contributed by atoms with Gasteiger partial charge in [-0.2, -0.15) is 4.98 Å². The molecule has 0 saturated carbocycles. The summed E-state index contributed by atoms with van der Waals surface area (Å²) in [6.45, 7) is 2.89. The summed E-state index contributed by atoms with van der Waals surface area (Å²) in [7, 11) is 0. The molecule has 1 amide bonds. The summed E-state index contributed by atoms with van der Waals surface area (Å²) >= 11 is 0. The summed E-state index contributed by atoms with van der Waals surface area (Å²) in [4.78, 5) is 28.7. The number of aryl methyl sites for hydroxylation is 1. The van der Waals surface area contributed by atoms with Crippen molar-refractivity contribution in [3.63, 3.8) is 0 Å². The molecule has 3 aromatic carbocycles. The van der Waals surface area contributed by atoms with Crippen molar-refractivity contribution in [1.29, 1.82) is 0 Å². The van der Waals surface area contributed by atoms with Crippen LogP contribution in [0.25, 0.3) is 22.5 Å². The minimum atomic E-state index is -0.842. The zero-order chi connectivity index (χ0) is 24.1. The van der Waals surface area contributed by atoms with Crippen LogP contribution < -0.4 is 5.32 Å². The first-order valence-electron chi connectivity index (χ1n) is 10.6. The molecule has 1 aromatic heterocycles. The van der Waals surface area contributed by atoms with E-state index in [1.54, 1.807) is 38.1 Å². The third-order valence-corrected chi connectivity index (χ3v) is 5.18. The van der Waals surface area contributed by atoms with Crippen LogP contribution in [-0.2, 0) is 9.53 Å². The molecule has 1 unspecified atom stereocenters. The second-order valence-electron chi connectivity index (χ2n) is 7.68. The van der Waals surface area contributed by atoms with Gasteiger partial charge >= 0.3 is 5.97 Å². The number of carbonyl (C=O) groups excluding carboxylic acids is 2. The number of aromatic nitrogens is 2. The van der Waals surface area contributed by atoms with Gasteiger partial charge in [-0.25, -0.2) is 4.39 Å². The van der Waals surface area contributed by atoms with Crippen LogP contribution in [0.2, 0.25) is 0 Å². The van der Waals surface area contributed by atoms with Crippen LogP contribution in [0.5, 0.6) is 0 Å². The number of amides is 1. The van der Waals surface area contributed by atoms with E-state index in [-0.39, 0.29) is 24.1 Å². The molecular formula is C26H22FN3O4. The first kappa shape index (κ1) is 22.8. The Balaban J connectivity index is 1.30. The van der Waals surface area contributed by atoms with Gasteiger partial charge in [0.2, 0.25) is 5.82 Å². The van der Waals surface area contributed by atoms with Crippen molar-refractivity contribution >= 4 is 11.9 Å². The number of benzene rings is 3. The molecule has 1 heterocycles. The first-order valence-corrected chi connectivity index (χ1v) is 10.6. The normalized spacial score (nSPS) is 11.6. The molecule has 4 rings (SSSR count). The highest BCUT2D eigenvalue weighted by atomic mass is 19.1. The molecule has 0 aliphatic carbocycles. The smallest absolute Gasteiger partial charge is 0.326 e. The number of hydrogen-bond donors (Lipinski definition) is 1. The summed E-state index contributed by atoms with van der Waals surface area (Å²) < 4.78 is 24.2. The molecule has 7 nitrogen and oxygen atoms in total. The van der Waals surface area contributed by atoms with Gasteiger partial charge in [0.1, 0.15) is 12.4 Å². The zero-order valence-corrected chi connectivity index (χ0v) is 18.6. The average Bonchev–Trinajstić information content (AvgIpc) is 3.35. The van der Waals surface area contributed by atoms with Crippen molar-refractivity contribution in [2.75, 3.05) is 6.54 Å². The third-order valence-electron chi connectivity index (χ3n) is 5.18. The van der Waals surface area contributed by atoms with Crippen molar-refractivity contribution in [1.82, 2.24) is 15.5 Å². The van der Waals surface area contributed by atoms with E-state index in [4.69, 9.17) is 9.26 Å². The average molecular weight is 459 g/mol. The molecule has 34 heavy (non-hydrogen) atoms. The van der Waals surface area contributed by atoms with Gasteiger partial charge in [0.25, 0.3) is 11.8 Å². The zero-order valence-electron chi connectivity index (χ0n) is 18.6. The summed E-state index contributed by atoms with van der Waals surface area (Å²) in [6.07, 6.45) is -0.842. The first-order chi connectivity index (χ1) is 16.4. The van der Waals surface area contributed by atoms with E-state index in [2.05, 4.69) is 15.5 Å². The molecule has 0 saturated heterocycles. The number of esters is 1. The Bertz CT molecular complexity index is 1300. The van der Waals surface area contributed by atoms with Gasteiger partial charge in [-0.05, 0) is 48.7 Å². The van der Waals surface area contributed by atoms with Crippen molar-refractivity contribution in [3.8, 4) is 22.5 Å². The molecule has 0 radical (unpaired) electrons. The van der Waals surface area contributed by atoms with Gasteiger partial charge in [-0.15, -0.1) is 0 Å². The summed E-state index contributed by atoms with van der Waals surface area (Å²) in [5.74, 6) is -1.20.